The normalized spacial score (nSPS) is 48.2. The molecule has 0 aromatic heterocycles. The van der Waals surface area contributed by atoms with Crippen molar-refractivity contribution in [2.24, 2.45) is 5.41 Å². The Morgan fingerprint density at radius 3 is 2.72 bits per heavy atom. The Balaban J connectivity index is 1.38. The molecule has 4 fully saturated rings. The molecule has 1 N–H and O–H groups in total. The third-order valence-electron chi connectivity index (χ3n) is 5.96. The van der Waals surface area contributed by atoms with Gasteiger partial charge in [-0.25, -0.2) is 0 Å². The van der Waals surface area contributed by atoms with Crippen molar-refractivity contribution in [2.45, 2.75) is 82.3 Å². The average Bonchev–Trinajstić information content (AvgIpc) is 2.87. The first-order valence-electron chi connectivity index (χ1n) is 7.85. The van der Waals surface area contributed by atoms with Crippen LogP contribution in [0, 0.1) is 5.41 Å². The van der Waals surface area contributed by atoms with Crippen LogP contribution < -0.4 is 5.32 Å². The summed E-state index contributed by atoms with van der Waals surface area (Å²) in [5, 5.41) is 3.92. The zero-order valence-corrected chi connectivity index (χ0v) is 11.4. The summed E-state index contributed by atoms with van der Waals surface area (Å²) >= 11 is 0. The summed E-state index contributed by atoms with van der Waals surface area (Å²) in [5.74, 6) is 0. The molecule has 2 heterocycles. The number of rotatable bonds is 4. The van der Waals surface area contributed by atoms with Gasteiger partial charge in [0.2, 0.25) is 0 Å². The molecule has 0 aromatic carbocycles. The van der Waals surface area contributed by atoms with E-state index >= 15 is 0 Å². The number of hydrogen-bond acceptors (Lipinski definition) is 3. The second-order valence-electron chi connectivity index (χ2n) is 6.70. The Hall–Kier alpha value is -0.120. The Kier molecular flexibility index (Phi) is 2.72. The number of ether oxygens (including phenoxy) is 2. The topological polar surface area (TPSA) is 30.5 Å². The SMILES string of the molecule is CCOC1CC(NC2CC3CCC2O3)C12CCC2. The van der Waals surface area contributed by atoms with Crippen LogP contribution in [0.25, 0.3) is 0 Å². The van der Waals surface area contributed by atoms with Crippen LogP contribution in [0.15, 0.2) is 0 Å². The highest BCUT2D eigenvalue weighted by Gasteiger charge is 2.59. The molecule has 0 aromatic rings. The van der Waals surface area contributed by atoms with Crippen LogP contribution in [0.5, 0.6) is 0 Å². The number of fused-ring (bicyclic) bond motifs is 2. The summed E-state index contributed by atoms with van der Waals surface area (Å²) < 4.78 is 11.9. The zero-order chi connectivity index (χ0) is 12.2. The van der Waals surface area contributed by atoms with Crippen molar-refractivity contribution in [3.8, 4) is 0 Å². The van der Waals surface area contributed by atoms with Crippen LogP contribution in [0.4, 0.5) is 0 Å². The van der Waals surface area contributed by atoms with Crippen molar-refractivity contribution >= 4 is 0 Å². The van der Waals surface area contributed by atoms with Gasteiger partial charge in [0.25, 0.3) is 0 Å². The lowest BCUT2D eigenvalue weighted by molar-refractivity contribution is -0.175. The van der Waals surface area contributed by atoms with Crippen LogP contribution >= 0.6 is 0 Å². The van der Waals surface area contributed by atoms with Crippen LogP contribution in [0.1, 0.15) is 51.9 Å². The molecule has 1 spiro atoms. The van der Waals surface area contributed by atoms with Crippen molar-refractivity contribution in [3.63, 3.8) is 0 Å². The first kappa shape index (κ1) is 11.7. The molecule has 2 bridgehead atoms. The fourth-order valence-corrected chi connectivity index (χ4v) is 4.74. The smallest absolute Gasteiger partial charge is 0.0733 e. The third-order valence-corrected chi connectivity index (χ3v) is 5.96. The van der Waals surface area contributed by atoms with Crippen LogP contribution in [-0.4, -0.2) is 37.0 Å². The molecular weight excluding hydrogens is 226 g/mol. The average molecular weight is 251 g/mol. The molecule has 2 aliphatic carbocycles. The molecule has 3 nitrogen and oxygen atoms in total. The maximum atomic E-state index is 5.95. The second-order valence-corrected chi connectivity index (χ2v) is 6.70. The van der Waals surface area contributed by atoms with Gasteiger partial charge in [0.1, 0.15) is 0 Å². The Morgan fingerprint density at radius 1 is 1.28 bits per heavy atom. The van der Waals surface area contributed by atoms with E-state index in [1.165, 1.54) is 44.9 Å². The van der Waals surface area contributed by atoms with E-state index in [-0.39, 0.29) is 0 Å². The van der Waals surface area contributed by atoms with Gasteiger partial charge in [-0.05, 0) is 45.4 Å². The first-order valence-corrected chi connectivity index (χ1v) is 7.85. The van der Waals surface area contributed by atoms with Gasteiger partial charge < -0.3 is 14.8 Å². The molecule has 18 heavy (non-hydrogen) atoms. The largest absolute Gasteiger partial charge is 0.378 e. The summed E-state index contributed by atoms with van der Waals surface area (Å²) in [6.45, 7) is 2.99. The second kappa shape index (κ2) is 4.19. The lowest BCUT2D eigenvalue weighted by Crippen LogP contribution is -2.68. The maximum Gasteiger partial charge on any atom is 0.0733 e. The third kappa shape index (κ3) is 1.53. The van der Waals surface area contributed by atoms with Crippen molar-refractivity contribution in [3.05, 3.63) is 0 Å². The fraction of sp³-hybridized carbons (Fsp3) is 1.00. The number of hydrogen-bond donors (Lipinski definition) is 1. The van der Waals surface area contributed by atoms with Crippen molar-refractivity contribution in [2.75, 3.05) is 6.61 Å². The molecule has 2 saturated carbocycles. The highest BCUT2D eigenvalue weighted by Crippen LogP contribution is 2.57. The molecule has 0 radical (unpaired) electrons. The highest BCUT2D eigenvalue weighted by atomic mass is 16.5. The fourth-order valence-electron chi connectivity index (χ4n) is 4.74. The summed E-state index contributed by atoms with van der Waals surface area (Å²) in [7, 11) is 0. The van der Waals surface area contributed by atoms with Gasteiger partial charge >= 0.3 is 0 Å². The van der Waals surface area contributed by atoms with Crippen molar-refractivity contribution in [1.29, 1.82) is 0 Å². The molecule has 5 atom stereocenters. The van der Waals surface area contributed by atoms with E-state index in [0.717, 1.165) is 6.61 Å². The predicted molar refractivity (Wildman–Crippen MR) is 69.5 cm³/mol. The van der Waals surface area contributed by atoms with Gasteiger partial charge in [0, 0.05) is 24.1 Å². The van der Waals surface area contributed by atoms with Gasteiger partial charge in [-0.2, -0.15) is 0 Å². The maximum absolute atomic E-state index is 5.95. The van der Waals surface area contributed by atoms with E-state index in [4.69, 9.17) is 9.47 Å². The summed E-state index contributed by atoms with van der Waals surface area (Å²) in [6.07, 6.45) is 10.8. The number of nitrogens with one attached hydrogen (secondary N) is 1. The molecule has 4 aliphatic rings. The molecule has 3 heteroatoms. The Bertz CT molecular complexity index is 328. The summed E-state index contributed by atoms with van der Waals surface area (Å²) in [5.41, 5.74) is 0.498. The standard InChI is InChI=1S/C15H25NO2/c1-2-17-14-9-13(15(14)6-3-7-15)16-11-8-10-4-5-12(11)18-10/h10-14,16H,2-9H2,1H3. The van der Waals surface area contributed by atoms with Crippen LogP contribution in [0.3, 0.4) is 0 Å². The first-order chi connectivity index (χ1) is 8.82. The molecule has 102 valence electrons. The molecule has 2 aliphatic heterocycles. The van der Waals surface area contributed by atoms with Crippen molar-refractivity contribution in [1.82, 2.24) is 5.32 Å². The molecule has 0 amide bonds. The molecular formula is C15H25NO2. The molecule has 2 saturated heterocycles. The highest BCUT2D eigenvalue weighted by molar-refractivity contribution is 5.13. The van der Waals surface area contributed by atoms with E-state index in [1.807, 2.05) is 0 Å². The minimum absolute atomic E-state index is 0.498. The molecule has 5 unspecified atom stereocenters. The van der Waals surface area contributed by atoms with E-state index in [2.05, 4.69) is 12.2 Å². The van der Waals surface area contributed by atoms with Gasteiger partial charge in [-0.3, -0.25) is 0 Å². The van der Waals surface area contributed by atoms with E-state index in [9.17, 15) is 0 Å². The van der Waals surface area contributed by atoms with Crippen LogP contribution in [0.2, 0.25) is 0 Å². The lowest BCUT2D eigenvalue weighted by Gasteiger charge is -2.62. The zero-order valence-electron chi connectivity index (χ0n) is 11.4. The van der Waals surface area contributed by atoms with Gasteiger partial charge in [0.15, 0.2) is 0 Å². The van der Waals surface area contributed by atoms with Crippen molar-refractivity contribution < 1.29 is 9.47 Å². The summed E-state index contributed by atoms with van der Waals surface area (Å²) in [4.78, 5) is 0. The lowest BCUT2D eigenvalue weighted by atomic mass is 9.51. The van der Waals surface area contributed by atoms with Gasteiger partial charge in [-0.1, -0.05) is 6.42 Å². The minimum Gasteiger partial charge on any atom is -0.378 e. The van der Waals surface area contributed by atoms with E-state index < -0.39 is 0 Å². The molecule has 4 rings (SSSR count). The Morgan fingerprint density at radius 2 is 2.17 bits per heavy atom. The van der Waals surface area contributed by atoms with Gasteiger partial charge in [0.05, 0.1) is 18.3 Å². The van der Waals surface area contributed by atoms with E-state index in [0.29, 0.717) is 35.8 Å². The monoisotopic (exact) mass is 251 g/mol. The predicted octanol–water partition coefficient (Wildman–Crippen LogP) is 2.24. The quantitative estimate of drug-likeness (QED) is 0.831. The minimum atomic E-state index is 0.498. The summed E-state index contributed by atoms with van der Waals surface area (Å²) in [6, 6.07) is 1.34. The van der Waals surface area contributed by atoms with E-state index in [1.54, 1.807) is 0 Å². The van der Waals surface area contributed by atoms with Crippen LogP contribution in [-0.2, 0) is 9.47 Å². The Labute approximate surface area is 110 Å². The van der Waals surface area contributed by atoms with Gasteiger partial charge in [-0.15, -0.1) is 0 Å².